The molecule has 38 heavy (non-hydrogen) atoms. The van der Waals surface area contributed by atoms with Crippen molar-refractivity contribution in [3.63, 3.8) is 0 Å². The summed E-state index contributed by atoms with van der Waals surface area (Å²) in [6.45, 7) is 11.7. The van der Waals surface area contributed by atoms with Crippen molar-refractivity contribution in [2.24, 2.45) is 0 Å². The summed E-state index contributed by atoms with van der Waals surface area (Å²) in [7, 11) is 6.40. The fraction of sp³-hybridized carbons (Fsp3) is 0.433. The van der Waals surface area contributed by atoms with Gasteiger partial charge in [-0.3, -0.25) is 10.1 Å². The van der Waals surface area contributed by atoms with Crippen molar-refractivity contribution in [1.29, 1.82) is 0 Å². The molecule has 1 fully saturated rings. The molecule has 1 aliphatic heterocycles. The van der Waals surface area contributed by atoms with Crippen molar-refractivity contribution < 1.29 is 0 Å². The second-order valence-corrected chi connectivity index (χ2v) is 10.7. The van der Waals surface area contributed by atoms with Crippen molar-refractivity contribution in [3.05, 3.63) is 64.2 Å². The first kappa shape index (κ1) is 26.1. The Hall–Kier alpha value is -3.49. The Kier molecular flexibility index (Phi) is 7.90. The molecule has 3 aromatic rings. The number of aromatic nitrogens is 5. The number of hydrogen-bond donors (Lipinski definition) is 2. The van der Waals surface area contributed by atoms with Crippen LogP contribution in [-0.2, 0) is 12.8 Å². The lowest BCUT2D eigenvalue weighted by Gasteiger charge is -2.36. The maximum Gasteiger partial charge on any atom is 0.159 e. The zero-order valence-corrected chi connectivity index (χ0v) is 23.2. The summed E-state index contributed by atoms with van der Waals surface area (Å²) in [6.07, 6.45) is 14.4. The Balaban J connectivity index is 1.44. The normalized spacial score (nSPS) is 17.3. The number of aromatic amines is 2. The molecule has 0 radical (unpaired) electrons. The number of H-pyrrole nitrogens is 2. The number of nitrogens with zero attached hydrogens (tertiary/aromatic N) is 6. The van der Waals surface area contributed by atoms with E-state index in [0.29, 0.717) is 0 Å². The maximum absolute atomic E-state index is 5.11. The van der Waals surface area contributed by atoms with Gasteiger partial charge in [-0.05, 0) is 89.1 Å². The van der Waals surface area contributed by atoms with E-state index in [2.05, 4.69) is 80.8 Å². The summed E-state index contributed by atoms with van der Waals surface area (Å²) in [5, 5.41) is 9.84. The highest BCUT2D eigenvalue weighted by molar-refractivity contribution is 5.87. The van der Waals surface area contributed by atoms with Crippen LogP contribution >= 0.6 is 0 Å². The van der Waals surface area contributed by atoms with Crippen LogP contribution in [0.4, 0.5) is 0 Å². The van der Waals surface area contributed by atoms with E-state index in [-0.39, 0.29) is 0 Å². The number of aryl methyl sites for hydroxylation is 2. The van der Waals surface area contributed by atoms with Crippen LogP contribution in [0, 0.1) is 0 Å². The molecule has 0 spiro atoms. The zero-order chi connectivity index (χ0) is 26.6. The summed E-state index contributed by atoms with van der Waals surface area (Å²) < 4.78 is 0. The number of pyridine rings is 1. The van der Waals surface area contributed by atoms with Crippen LogP contribution in [0.3, 0.4) is 0 Å². The molecule has 4 heterocycles. The van der Waals surface area contributed by atoms with E-state index in [0.717, 1.165) is 97.3 Å². The topological polar surface area (TPSA) is 80.0 Å². The number of hydrogen-bond acceptors (Lipinski definition) is 6. The van der Waals surface area contributed by atoms with Gasteiger partial charge in [-0.1, -0.05) is 18.7 Å². The molecule has 1 saturated heterocycles. The minimum absolute atomic E-state index is 0.802. The van der Waals surface area contributed by atoms with Gasteiger partial charge in [-0.25, -0.2) is 4.98 Å². The molecule has 0 saturated carbocycles. The summed E-state index contributed by atoms with van der Waals surface area (Å²) in [6, 6.07) is 2.20. The Morgan fingerprint density at radius 2 is 1.97 bits per heavy atom. The molecule has 5 rings (SSSR count). The van der Waals surface area contributed by atoms with Gasteiger partial charge in [-0.15, -0.1) is 0 Å². The van der Waals surface area contributed by atoms with Gasteiger partial charge in [0.05, 0.1) is 11.0 Å². The monoisotopic (exact) mass is 512 g/mol. The Morgan fingerprint density at radius 3 is 2.74 bits per heavy atom. The number of likely N-dealkylation sites (N-methyl/N-ethyl adjacent to an activating group) is 1. The second kappa shape index (κ2) is 11.5. The minimum Gasteiger partial charge on any atom is -0.367 e. The average Bonchev–Trinajstić information content (AvgIpc) is 3.53. The summed E-state index contributed by atoms with van der Waals surface area (Å²) in [5.74, 6) is 0.802. The van der Waals surface area contributed by atoms with Crippen LogP contribution in [0.25, 0.3) is 34.9 Å². The number of nitrogens with one attached hydrogen (secondary N) is 2. The average molecular weight is 513 g/mol. The summed E-state index contributed by atoms with van der Waals surface area (Å²) >= 11 is 0. The number of piperazine rings is 1. The lowest BCUT2D eigenvalue weighted by Crippen LogP contribution is -2.43. The predicted octanol–water partition coefficient (Wildman–Crippen LogP) is 2.52. The van der Waals surface area contributed by atoms with E-state index in [9.17, 15) is 0 Å². The lowest BCUT2D eigenvalue weighted by atomic mass is 10.0. The van der Waals surface area contributed by atoms with Crippen molar-refractivity contribution in [3.8, 4) is 11.5 Å². The van der Waals surface area contributed by atoms with Gasteiger partial charge in [-0.2, -0.15) is 5.10 Å². The van der Waals surface area contributed by atoms with Gasteiger partial charge < -0.3 is 19.7 Å². The number of imidazole rings is 1. The van der Waals surface area contributed by atoms with Gasteiger partial charge in [0.15, 0.2) is 5.82 Å². The first-order valence-electron chi connectivity index (χ1n) is 13.7. The third kappa shape index (κ3) is 5.66. The predicted molar refractivity (Wildman–Crippen MR) is 156 cm³/mol. The molecule has 2 aliphatic rings. The van der Waals surface area contributed by atoms with Crippen LogP contribution in [-0.4, -0.2) is 93.7 Å². The van der Waals surface area contributed by atoms with E-state index in [1.807, 2.05) is 25.4 Å². The van der Waals surface area contributed by atoms with Crippen LogP contribution < -0.4 is 10.6 Å². The summed E-state index contributed by atoms with van der Waals surface area (Å²) in [5.41, 5.74) is 7.51. The highest BCUT2D eigenvalue weighted by atomic mass is 15.3. The van der Waals surface area contributed by atoms with Gasteiger partial charge in [0.2, 0.25) is 0 Å². The van der Waals surface area contributed by atoms with Gasteiger partial charge in [0.25, 0.3) is 0 Å². The van der Waals surface area contributed by atoms with Crippen molar-refractivity contribution in [2.75, 3.05) is 53.9 Å². The van der Waals surface area contributed by atoms with Gasteiger partial charge >= 0.3 is 0 Å². The molecule has 0 amide bonds. The largest absolute Gasteiger partial charge is 0.367 e. The van der Waals surface area contributed by atoms with Gasteiger partial charge in [0, 0.05) is 49.5 Å². The Bertz CT molecular complexity index is 1430. The zero-order valence-electron chi connectivity index (χ0n) is 23.2. The SMILES string of the molecule is C=C(/C=c1/c(-c2nc3c([nH]2)CCC=C3N2CCN(C)CC2)n[nH]/c1=C/C)c1cncc(CCCN(C)C)c1. The number of allylic oxidation sites excluding steroid dienone is 2. The van der Waals surface area contributed by atoms with Gasteiger partial charge in [0.1, 0.15) is 11.4 Å². The standard InChI is InChI=1S/C30H40N8/c1-6-25-24(17-21(2)23-18-22(19-31-20-23)9-8-12-36(3)4)28(35-34-25)30-32-26-10-7-11-27(29(26)33-30)38-15-13-37(5)14-16-38/h6,11,17-20,34H,2,7-10,12-16H2,1,3-5H3,(H,32,33)/b24-17+,25-6+. The number of fused-ring (bicyclic) bond motifs is 1. The molecular formula is C30H40N8. The molecule has 1 aliphatic carbocycles. The van der Waals surface area contributed by atoms with Crippen molar-refractivity contribution in [1.82, 2.24) is 39.8 Å². The first-order valence-corrected chi connectivity index (χ1v) is 13.7. The minimum atomic E-state index is 0.802. The fourth-order valence-corrected chi connectivity index (χ4v) is 5.26. The third-order valence-corrected chi connectivity index (χ3v) is 7.50. The van der Waals surface area contributed by atoms with Crippen LogP contribution in [0.1, 0.15) is 42.3 Å². The van der Waals surface area contributed by atoms with Crippen LogP contribution in [0.2, 0.25) is 0 Å². The maximum atomic E-state index is 5.11. The van der Waals surface area contributed by atoms with E-state index in [1.165, 1.54) is 17.0 Å². The Morgan fingerprint density at radius 1 is 1.16 bits per heavy atom. The molecular weight excluding hydrogens is 472 g/mol. The quantitative estimate of drug-likeness (QED) is 0.483. The molecule has 8 nitrogen and oxygen atoms in total. The molecule has 0 aromatic carbocycles. The molecule has 3 aromatic heterocycles. The second-order valence-electron chi connectivity index (χ2n) is 10.7. The van der Waals surface area contributed by atoms with Crippen LogP contribution in [0.5, 0.6) is 0 Å². The Labute approximate surface area is 225 Å². The third-order valence-electron chi connectivity index (χ3n) is 7.50. The molecule has 0 bridgehead atoms. The molecule has 0 unspecified atom stereocenters. The summed E-state index contributed by atoms with van der Waals surface area (Å²) in [4.78, 5) is 20.3. The highest BCUT2D eigenvalue weighted by Crippen LogP contribution is 2.30. The highest BCUT2D eigenvalue weighted by Gasteiger charge is 2.25. The van der Waals surface area contributed by atoms with E-state index >= 15 is 0 Å². The smallest absolute Gasteiger partial charge is 0.159 e. The van der Waals surface area contributed by atoms with Crippen molar-refractivity contribution in [2.45, 2.75) is 32.6 Å². The first-order chi connectivity index (χ1) is 18.4. The van der Waals surface area contributed by atoms with Crippen LogP contribution in [0.15, 0.2) is 31.1 Å². The van der Waals surface area contributed by atoms with E-state index in [1.54, 1.807) is 0 Å². The lowest BCUT2D eigenvalue weighted by molar-refractivity contribution is 0.206. The van der Waals surface area contributed by atoms with Crippen molar-refractivity contribution >= 4 is 23.4 Å². The fourth-order valence-electron chi connectivity index (χ4n) is 5.26. The number of rotatable bonds is 8. The van der Waals surface area contributed by atoms with E-state index in [4.69, 9.17) is 4.98 Å². The van der Waals surface area contributed by atoms with E-state index < -0.39 is 0 Å². The molecule has 200 valence electrons. The molecule has 8 heteroatoms. The molecule has 2 N–H and O–H groups in total. The molecule has 0 atom stereocenters.